The summed E-state index contributed by atoms with van der Waals surface area (Å²) >= 11 is 14.2. The number of aromatic nitrogens is 5. The second-order valence-electron chi connectivity index (χ2n) is 7.35. The average Bonchev–Trinajstić information content (AvgIpc) is 3.39. The maximum Gasteiger partial charge on any atom is 0.270 e. The van der Waals surface area contributed by atoms with Crippen molar-refractivity contribution in [3.05, 3.63) is 80.1 Å². The largest absolute Gasteiger partial charge is 0.346 e. The number of nitrogens with zero attached hydrogens (tertiary/aromatic N) is 6. The van der Waals surface area contributed by atoms with E-state index >= 15 is 0 Å². The Morgan fingerprint density at radius 2 is 1.97 bits per heavy atom. The van der Waals surface area contributed by atoms with Gasteiger partial charge in [0.1, 0.15) is 15.2 Å². The lowest BCUT2D eigenvalue weighted by Crippen LogP contribution is -2.37. The van der Waals surface area contributed by atoms with Crippen LogP contribution in [0.5, 0.6) is 0 Å². The molecule has 1 amide bonds. The molecule has 0 bridgehead atoms. The van der Waals surface area contributed by atoms with Crippen LogP contribution in [0.3, 0.4) is 0 Å². The lowest BCUT2D eigenvalue weighted by molar-refractivity contribution is 0.0935. The van der Waals surface area contributed by atoms with Crippen LogP contribution in [0.15, 0.2) is 55.0 Å². The first-order chi connectivity index (χ1) is 15.5. The minimum absolute atomic E-state index is 0.0469. The van der Waals surface area contributed by atoms with Crippen molar-refractivity contribution < 1.29 is 4.79 Å². The highest BCUT2D eigenvalue weighted by molar-refractivity contribution is 14.1. The van der Waals surface area contributed by atoms with E-state index in [1.54, 1.807) is 16.9 Å². The van der Waals surface area contributed by atoms with E-state index < -0.39 is 0 Å². The fourth-order valence-corrected chi connectivity index (χ4v) is 4.58. The molecule has 4 aromatic rings. The summed E-state index contributed by atoms with van der Waals surface area (Å²) in [7, 11) is 0. The molecule has 8 nitrogen and oxygen atoms in total. The van der Waals surface area contributed by atoms with E-state index in [-0.39, 0.29) is 23.7 Å². The molecule has 1 fully saturated rings. The van der Waals surface area contributed by atoms with Gasteiger partial charge < -0.3 is 10.2 Å². The summed E-state index contributed by atoms with van der Waals surface area (Å²) in [6.07, 6.45) is 5.60. The molecule has 11 heteroatoms. The van der Waals surface area contributed by atoms with Crippen molar-refractivity contribution >= 4 is 63.2 Å². The molecular weight excluding hydrogens is 564 g/mol. The van der Waals surface area contributed by atoms with Crippen LogP contribution >= 0.6 is 45.8 Å². The molecule has 0 unspecified atom stereocenters. The molecule has 0 aliphatic carbocycles. The average molecular weight is 580 g/mol. The van der Waals surface area contributed by atoms with Crippen molar-refractivity contribution in [3.8, 4) is 0 Å². The highest BCUT2D eigenvalue weighted by Gasteiger charge is 2.36. The predicted octanol–water partition coefficient (Wildman–Crippen LogP) is 4.18. The number of imidazole rings is 1. The molecular formula is C21H16Cl2IN7O. The number of fused-ring (bicyclic) bond motifs is 1. The van der Waals surface area contributed by atoms with Crippen molar-refractivity contribution in [2.24, 2.45) is 0 Å². The number of pyridine rings is 2. The second kappa shape index (κ2) is 8.80. The maximum atomic E-state index is 12.8. The normalized spacial score (nSPS) is 18.3. The van der Waals surface area contributed by atoms with Gasteiger partial charge in [-0.15, -0.1) is 5.10 Å². The van der Waals surface area contributed by atoms with E-state index in [0.29, 0.717) is 23.0 Å². The Balaban J connectivity index is 1.44. The van der Waals surface area contributed by atoms with Crippen LogP contribution < -0.4 is 10.2 Å². The van der Waals surface area contributed by atoms with Crippen LogP contribution in [0, 0.1) is 3.70 Å². The van der Waals surface area contributed by atoms with Gasteiger partial charge in [0.15, 0.2) is 5.65 Å². The molecule has 0 aromatic carbocycles. The molecule has 1 aliphatic heterocycles. The molecule has 32 heavy (non-hydrogen) atoms. The molecule has 5 rings (SSSR count). The van der Waals surface area contributed by atoms with Crippen LogP contribution in [0.4, 0.5) is 5.82 Å². The van der Waals surface area contributed by atoms with Gasteiger partial charge in [-0.3, -0.25) is 9.78 Å². The quantitative estimate of drug-likeness (QED) is 0.365. The first-order valence-electron chi connectivity index (χ1n) is 9.79. The number of hydrogen-bond donors (Lipinski definition) is 1. The van der Waals surface area contributed by atoms with Crippen LogP contribution in [-0.2, 0) is 0 Å². The van der Waals surface area contributed by atoms with Gasteiger partial charge in [-0.2, -0.15) is 0 Å². The Hall–Kier alpha value is -2.50. The smallest absolute Gasteiger partial charge is 0.270 e. The minimum atomic E-state index is -0.303. The van der Waals surface area contributed by atoms with E-state index in [2.05, 4.69) is 47.8 Å². The minimum Gasteiger partial charge on any atom is -0.346 e. The third-order valence-corrected chi connectivity index (χ3v) is 6.75. The van der Waals surface area contributed by atoms with E-state index in [0.717, 1.165) is 20.9 Å². The number of nitrogens with one attached hydrogen (secondary N) is 1. The van der Waals surface area contributed by atoms with Gasteiger partial charge in [0.25, 0.3) is 5.91 Å². The van der Waals surface area contributed by atoms with Crippen molar-refractivity contribution in [1.29, 1.82) is 0 Å². The fourth-order valence-electron chi connectivity index (χ4n) is 3.83. The molecule has 0 radical (unpaired) electrons. The zero-order valence-corrected chi connectivity index (χ0v) is 20.2. The number of rotatable bonds is 4. The molecule has 1 aliphatic rings. The SMILES string of the molecule is O=C(N[C@H]1C[C@H](c2ccccn2)N(c2ccc3ncc(I)n3n2)C1)c1cc(Cl)c(Cl)cn1. The Bertz CT molecular complexity index is 1300. The number of carbonyl (C=O) groups is 1. The van der Waals surface area contributed by atoms with E-state index in [1.807, 2.05) is 30.3 Å². The van der Waals surface area contributed by atoms with Crippen LogP contribution in [0.1, 0.15) is 28.6 Å². The summed E-state index contributed by atoms with van der Waals surface area (Å²) in [6.45, 7) is 0.568. The van der Waals surface area contributed by atoms with Gasteiger partial charge >= 0.3 is 0 Å². The van der Waals surface area contributed by atoms with Crippen molar-refractivity contribution in [2.45, 2.75) is 18.5 Å². The first kappa shape index (κ1) is 21.4. The molecule has 0 spiro atoms. The van der Waals surface area contributed by atoms with E-state index in [1.165, 1.54) is 12.3 Å². The monoisotopic (exact) mass is 579 g/mol. The summed E-state index contributed by atoms with van der Waals surface area (Å²) in [4.78, 5) is 27.9. The first-order valence-corrected chi connectivity index (χ1v) is 11.6. The topological polar surface area (TPSA) is 88.3 Å². The molecule has 0 saturated carbocycles. The third-order valence-electron chi connectivity index (χ3n) is 5.31. The van der Waals surface area contributed by atoms with Crippen molar-refractivity contribution in [1.82, 2.24) is 29.9 Å². The lowest BCUT2D eigenvalue weighted by Gasteiger charge is -2.25. The number of hydrogen-bond acceptors (Lipinski definition) is 6. The number of amides is 1. The third kappa shape index (κ3) is 4.12. The Labute approximate surface area is 207 Å². The Morgan fingerprint density at radius 3 is 2.75 bits per heavy atom. The number of carbonyl (C=O) groups excluding carboxylic acids is 1. The van der Waals surface area contributed by atoms with Crippen molar-refractivity contribution in [2.75, 3.05) is 11.4 Å². The van der Waals surface area contributed by atoms with Gasteiger partial charge in [0.2, 0.25) is 0 Å². The summed E-state index contributed by atoms with van der Waals surface area (Å²) in [5, 5.41) is 8.43. The molecule has 1 saturated heterocycles. The molecule has 1 N–H and O–H groups in total. The van der Waals surface area contributed by atoms with Gasteiger partial charge in [-0.1, -0.05) is 29.3 Å². The van der Waals surface area contributed by atoms with Crippen molar-refractivity contribution in [3.63, 3.8) is 0 Å². The fraction of sp³-hybridized carbons (Fsp3) is 0.190. The summed E-state index contributed by atoms with van der Waals surface area (Å²) in [6, 6.07) is 11.0. The van der Waals surface area contributed by atoms with Gasteiger partial charge in [0, 0.05) is 25.0 Å². The van der Waals surface area contributed by atoms with Gasteiger partial charge in [0.05, 0.1) is 28.0 Å². The van der Waals surface area contributed by atoms with Gasteiger partial charge in [-0.05, 0) is 59.3 Å². The number of halogens is 3. The van der Waals surface area contributed by atoms with Crippen LogP contribution in [-0.4, -0.2) is 43.1 Å². The summed E-state index contributed by atoms with van der Waals surface area (Å²) < 4.78 is 2.72. The van der Waals surface area contributed by atoms with E-state index in [4.69, 9.17) is 28.3 Å². The predicted molar refractivity (Wildman–Crippen MR) is 130 cm³/mol. The number of anilines is 1. The molecule has 162 valence electrons. The van der Waals surface area contributed by atoms with Crippen LogP contribution in [0.2, 0.25) is 10.0 Å². The molecule has 5 heterocycles. The second-order valence-corrected chi connectivity index (χ2v) is 9.27. The zero-order chi connectivity index (χ0) is 22.2. The lowest BCUT2D eigenvalue weighted by atomic mass is 10.1. The highest BCUT2D eigenvalue weighted by Crippen LogP contribution is 2.35. The Kier molecular flexibility index (Phi) is 5.87. The standard InChI is InChI=1S/C21H16Cl2IN7O/c22-13-8-16(26-9-14(13)23)21(32)28-12-7-17(15-3-1-2-6-25-15)30(11-12)20-5-4-19-27-10-18(24)31(19)29-20/h1-6,8-10,12,17H,7,11H2,(H,28,32)/t12-,17+/m0/s1. The van der Waals surface area contributed by atoms with Gasteiger partial charge in [-0.25, -0.2) is 14.5 Å². The summed E-state index contributed by atoms with van der Waals surface area (Å²) in [5.41, 5.74) is 1.92. The Morgan fingerprint density at radius 1 is 1.09 bits per heavy atom. The maximum absolute atomic E-state index is 12.8. The zero-order valence-electron chi connectivity index (χ0n) is 16.5. The summed E-state index contributed by atoms with van der Waals surface area (Å²) in [5.74, 6) is 0.483. The highest BCUT2D eigenvalue weighted by atomic mass is 127. The van der Waals surface area contributed by atoms with Crippen LogP contribution in [0.25, 0.3) is 5.65 Å². The molecule has 2 atom stereocenters. The molecule has 4 aromatic heterocycles. The van der Waals surface area contributed by atoms with E-state index in [9.17, 15) is 4.79 Å².